The Morgan fingerprint density at radius 3 is 2.12 bits per heavy atom. The van der Waals surface area contributed by atoms with Crippen molar-refractivity contribution in [2.45, 2.75) is 86.4 Å². The number of aryl methyl sites for hydroxylation is 1. The minimum Gasteiger partial charge on any atom is -0.310 e. The van der Waals surface area contributed by atoms with Crippen LogP contribution in [0.5, 0.6) is 0 Å². The van der Waals surface area contributed by atoms with Crippen molar-refractivity contribution in [1.82, 2.24) is 5.32 Å². The van der Waals surface area contributed by atoms with Gasteiger partial charge in [-0.15, -0.1) is 12.8 Å². The van der Waals surface area contributed by atoms with E-state index in [4.69, 9.17) is 9.78 Å². The number of allylic oxidation sites excluding steroid dienone is 3. The summed E-state index contributed by atoms with van der Waals surface area (Å²) < 4.78 is 0. The Labute approximate surface area is 210 Å². The molecule has 34 heavy (non-hydrogen) atoms. The van der Waals surface area contributed by atoms with Gasteiger partial charge in [-0.3, -0.25) is 4.79 Å². The SMILES string of the molecule is C#C.C/C=C/C1[C@@H](C/C=C\CC)[C@@H]2C[C@H]1OO2.CC.CCNCC(C)=O.CCc1ccccc1. The highest BCUT2D eigenvalue weighted by Crippen LogP contribution is 2.44. The van der Waals surface area contributed by atoms with Gasteiger partial charge in [-0.25, -0.2) is 9.78 Å². The molecule has 1 aliphatic heterocycles. The molecule has 1 saturated heterocycles. The molecule has 2 fully saturated rings. The highest BCUT2D eigenvalue weighted by atomic mass is 17.2. The first kappa shape index (κ1) is 34.0. The topological polar surface area (TPSA) is 47.6 Å². The molecule has 1 saturated carbocycles. The highest BCUT2D eigenvalue weighted by Gasteiger charge is 2.48. The molecule has 1 aromatic carbocycles. The summed E-state index contributed by atoms with van der Waals surface area (Å²) in [5.41, 5.74) is 1.41. The Morgan fingerprint density at radius 2 is 1.68 bits per heavy atom. The molecule has 0 radical (unpaired) electrons. The number of benzene rings is 1. The van der Waals surface area contributed by atoms with Gasteiger partial charge in [0.15, 0.2) is 0 Å². The Balaban J connectivity index is 0. The lowest BCUT2D eigenvalue weighted by atomic mass is 9.89. The van der Waals surface area contributed by atoms with Crippen molar-refractivity contribution < 1.29 is 14.6 Å². The number of rotatable bonds is 8. The van der Waals surface area contributed by atoms with Crippen molar-refractivity contribution in [3.63, 3.8) is 0 Å². The summed E-state index contributed by atoms with van der Waals surface area (Å²) in [4.78, 5) is 20.7. The largest absolute Gasteiger partial charge is 0.310 e. The first-order chi connectivity index (χ1) is 16.6. The predicted molar refractivity (Wildman–Crippen MR) is 146 cm³/mol. The fourth-order valence-electron chi connectivity index (χ4n) is 3.67. The Kier molecular flexibility index (Phi) is 23.9. The van der Waals surface area contributed by atoms with Crippen molar-refractivity contribution in [1.29, 1.82) is 0 Å². The van der Waals surface area contributed by atoms with E-state index in [2.05, 4.69) is 87.5 Å². The molecule has 4 atom stereocenters. The van der Waals surface area contributed by atoms with Crippen LogP contribution in [-0.4, -0.2) is 31.1 Å². The van der Waals surface area contributed by atoms with Crippen LogP contribution in [0, 0.1) is 24.7 Å². The van der Waals surface area contributed by atoms with Crippen LogP contribution in [-0.2, 0) is 21.0 Å². The lowest BCUT2D eigenvalue weighted by molar-refractivity contribution is -0.336. The number of terminal acetylenes is 1. The summed E-state index contributed by atoms with van der Waals surface area (Å²) in [7, 11) is 0. The normalized spacial score (nSPS) is 21.8. The van der Waals surface area contributed by atoms with E-state index >= 15 is 0 Å². The second kappa shape index (κ2) is 24.0. The Bertz CT molecular complexity index is 666. The number of carbonyl (C=O) groups excluding carboxylic acids is 1. The fourth-order valence-corrected chi connectivity index (χ4v) is 3.67. The van der Waals surface area contributed by atoms with Gasteiger partial charge in [0.25, 0.3) is 0 Å². The zero-order chi connectivity index (χ0) is 26.2. The molecule has 0 aromatic heterocycles. The van der Waals surface area contributed by atoms with Crippen molar-refractivity contribution in [3.8, 4) is 12.8 Å². The van der Waals surface area contributed by atoms with Crippen LogP contribution in [0.25, 0.3) is 0 Å². The maximum Gasteiger partial charge on any atom is 0.143 e. The van der Waals surface area contributed by atoms with Gasteiger partial charge in [0, 0.05) is 18.3 Å². The van der Waals surface area contributed by atoms with Crippen LogP contribution in [0.2, 0.25) is 0 Å². The molecule has 2 bridgehead atoms. The third-order valence-electron chi connectivity index (χ3n) is 5.27. The van der Waals surface area contributed by atoms with E-state index in [1.54, 1.807) is 6.92 Å². The lowest BCUT2D eigenvalue weighted by Gasteiger charge is -2.27. The maximum atomic E-state index is 10.1. The fraction of sp³-hybridized carbons (Fsp3) is 0.567. The molecular weight excluding hydrogens is 422 g/mol. The van der Waals surface area contributed by atoms with Gasteiger partial charge >= 0.3 is 0 Å². The van der Waals surface area contributed by atoms with E-state index in [0.29, 0.717) is 30.6 Å². The van der Waals surface area contributed by atoms with Crippen LogP contribution in [0.3, 0.4) is 0 Å². The van der Waals surface area contributed by atoms with Crippen molar-refractivity contribution in [2.75, 3.05) is 13.1 Å². The van der Waals surface area contributed by atoms with Gasteiger partial charge in [0.2, 0.25) is 0 Å². The summed E-state index contributed by atoms with van der Waals surface area (Å²) in [5.74, 6) is 1.36. The van der Waals surface area contributed by atoms with Gasteiger partial charge in [0.05, 0.1) is 12.6 Å². The molecule has 3 rings (SSSR count). The number of fused-ring (bicyclic) bond motifs is 2. The van der Waals surface area contributed by atoms with Crippen molar-refractivity contribution in [3.05, 3.63) is 60.2 Å². The number of carbonyl (C=O) groups is 1. The number of likely N-dealkylation sites (N-methyl/N-ethyl adjacent to an activating group) is 1. The molecule has 0 amide bonds. The summed E-state index contributed by atoms with van der Waals surface area (Å²) in [6, 6.07) is 10.5. The number of ketones is 1. The lowest BCUT2D eigenvalue weighted by Crippen LogP contribution is -2.28. The van der Waals surface area contributed by atoms with E-state index in [1.807, 2.05) is 26.8 Å². The molecule has 192 valence electrons. The number of hydrogen-bond donors (Lipinski definition) is 1. The first-order valence-corrected chi connectivity index (χ1v) is 12.7. The minimum atomic E-state index is 0.196. The van der Waals surface area contributed by atoms with E-state index in [9.17, 15) is 4.79 Å². The van der Waals surface area contributed by atoms with Crippen LogP contribution in [0.15, 0.2) is 54.6 Å². The summed E-state index contributed by atoms with van der Waals surface area (Å²) >= 11 is 0. The van der Waals surface area contributed by atoms with Gasteiger partial charge in [-0.05, 0) is 45.2 Å². The van der Waals surface area contributed by atoms with E-state index in [-0.39, 0.29) is 5.78 Å². The molecule has 0 spiro atoms. The third-order valence-corrected chi connectivity index (χ3v) is 5.27. The van der Waals surface area contributed by atoms with Gasteiger partial charge in [0.1, 0.15) is 11.9 Å². The van der Waals surface area contributed by atoms with Crippen LogP contribution in [0.1, 0.15) is 73.3 Å². The van der Waals surface area contributed by atoms with Gasteiger partial charge < -0.3 is 5.32 Å². The second-order valence-electron chi connectivity index (χ2n) is 7.71. The van der Waals surface area contributed by atoms with E-state index in [1.165, 1.54) is 5.56 Å². The number of hydrogen-bond acceptors (Lipinski definition) is 4. The van der Waals surface area contributed by atoms with Crippen LogP contribution >= 0.6 is 0 Å². The first-order valence-electron chi connectivity index (χ1n) is 12.7. The molecule has 4 heteroatoms. The van der Waals surface area contributed by atoms with E-state index in [0.717, 1.165) is 32.2 Å². The zero-order valence-electron chi connectivity index (χ0n) is 22.6. The van der Waals surface area contributed by atoms with Gasteiger partial charge in [-0.2, -0.15) is 0 Å². The standard InChI is InChI=1S/C13H20O2.C8H10.C5H11NO.C2H6.C2H2/c1-3-5-6-8-11-10(7-4-2)12-9-13(11)15-14-12;1-2-8-6-4-3-5-7-8;1-3-6-4-5(2)7;2*1-2/h4-7,10-13H,3,8-9H2,1-2H3;3-7H,2H2,1H3;6H,3-4H2,1-2H3;1-2H3;1-2H/b6-5-,7-4+;;;;/t10?,11-,12-,13+;;;;/m1..../s1. The summed E-state index contributed by atoms with van der Waals surface area (Å²) in [6.07, 6.45) is 22.0. The van der Waals surface area contributed by atoms with Crippen LogP contribution in [0.4, 0.5) is 0 Å². The predicted octanol–water partition coefficient (Wildman–Crippen LogP) is 6.96. The average Bonchev–Trinajstić information content (AvgIpc) is 3.49. The molecule has 1 aliphatic carbocycles. The quantitative estimate of drug-likeness (QED) is 0.253. The molecule has 1 heterocycles. The molecule has 1 aromatic rings. The van der Waals surface area contributed by atoms with Crippen molar-refractivity contribution >= 4 is 5.78 Å². The summed E-state index contributed by atoms with van der Waals surface area (Å²) in [6.45, 7) is 15.3. The zero-order valence-corrected chi connectivity index (χ0v) is 22.6. The Hall–Kier alpha value is -2.19. The van der Waals surface area contributed by atoms with Gasteiger partial charge in [-0.1, -0.05) is 89.3 Å². The monoisotopic (exact) mass is 471 g/mol. The molecular formula is C30H49NO3. The summed E-state index contributed by atoms with van der Waals surface area (Å²) in [5, 5.41) is 2.90. The Morgan fingerprint density at radius 1 is 1.06 bits per heavy atom. The maximum absolute atomic E-state index is 10.1. The van der Waals surface area contributed by atoms with Crippen LogP contribution < -0.4 is 5.32 Å². The number of Topliss-reactive ketones (excluding diaryl/α,β-unsaturated/α-hetero) is 1. The third kappa shape index (κ3) is 14.9. The average molecular weight is 472 g/mol. The second-order valence-corrected chi connectivity index (χ2v) is 7.71. The molecule has 1 unspecified atom stereocenters. The minimum absolute atomic E-state index is 0.196. The van der Waals surface area contributed by atoms with E-state index < -0.39 is 0 Å². The smallest absolute Gasteiger partial charge is 0.143 e. The number of nitrogens with one attached hydrogen (secondary N) is 1. The van der Waals surface area contributed by atoms with Crippen molar-refractivity contribution in [2.24, 2.45) is 11.8 Å². The molecule has 2 aliphatic rings. The molecule has 1 N–H and O–H groups in total. The molecule has 4 nitrogen and oxygen atoms in total. The highest BCUT2D eigenvalue weighted by molar-refractivity contribution is 5.77.